The summed E-state index contributed by atoms with van der Waals surface area (Å²) in [5.74, 6) is 0. The molecule has 2 nitrogen and oxygen atoms in total. The van der Waals surface area contributed by atoms with Crippen molar-refractivity contribution in [3.05, 3.63) is 35.4 Å². The first-order valence-corrected chi connectivity index (χ1v) is 6.79. The molecule has 0 amide bonds. The number of nitrogens with two attached hydrogens (primary N) is 1. The maximum atomic E-state index is 5.94. The van der Waals surface area contributed by atoms with Gasteiger partial charge in [-0.25, -0.2) is 0 Å². The van der Waals surface area contributed by atoms with Gasteiger partial charge in [0, 0.05) is 12.6 Å². The summed E-state index contributed by atoms with van der Waals surface area (Å²) >= 11 is 0. The van der Waals surface area contributed by atoms with Crippen LogP contribution in [0.2, 0.25) is 0 Å². The Balaban J connectivity index is 2.83. The minimum atomic E-state index is 0.367. The molecule has 0 aromatic heterocycles. The largest absolute Gasteiger partial charge is 0.329 e. The van der Waals surface area contributed by atoms with Crippen molar-refractivity contribution < 1.29 is 0 Å². The smallest absolute Gasteiger partial charge is 0.0470 e. The van der Waals surface area contributed by atoms with E-state index in [9.17, 15) is 0 Å². The van der Waals surface area contributed by atoms with Crippen LogP contribution in [0, 0.1) is 0 Å². The maximum absolute atomic E-state index is 5.94. The van der Waals surface area contributed by atoms with Crippen LogP contribution in [0.1, 0.15) is 44.4 Å². The van der Waals surface area contributed by atoms with Gasteiger partial charge in [-0.15, -0.1) is 0 Å². The second-order valence-corrected chi connectivity index (χ2v) is 4.48. The minimum Gasteiger partial charge on any atom is -0.329 e. The van der Waals surface area contributed by atoms with Crippen LogP contribution in [-0.2, 0) is 6.42 Å². The molecule has 0 aliphatic carbocycles. The SMILES string of the molecule is CCCN(CC)C(CN)c1ccc(CC)cc1. The number of nitrogens with zero attached hydrogens (tertiary/aromatic N) is 1. The van der Waals surface area contributed by atoms with Crippen molar-refractivity contribution in [2.75, 3.05) is 19.6 Å². The van der Waals surface area contributed by atoms with Crippen molar-refractivity contribution in [3.8, 4) is 0 Å². The number of rotatable bonds is 7. The first-order chi connectivity index (χ1) is 8.26. The normalized spacial score (nSPS) is 13.0. The van der Waals surface area contributed by atoms with Gasteiger partial charge in [0.2, 0.25) is 0 Å². The van der Waals surface area contributed by atoms with Crippen LogP contribution in [0.3, 0.4) is 0 Å². The van der Waals surface area contributed by atoms with Crippen LogP contribution in [0.4, 0.5) is 0 Å². The zero-order valence-corrected chi connectivity index (χ0v) is 11.4. The average Bonchev–Trinajstić information content (AvgIpc) is 2.39. The summed E-state index contributed by atoms with van der Waals surface area (Å²) in [4.78, 5) is 2.46. The Morgan fingerprint density at radius 2 is 1.76 bits per heavy atom. The summed E-state index contributed by atoms with van der Waals surface area (Å²) in [5, 5.41) is 0. The number of likely N-dealkylation sites (N-methyl/N-ethyl adjacent to an activating group) is 1. The Labute approximate surface area is 106 Å². The number of hydrogen-bond acceptors (Lipinski definition) is 2. The first-order valence-electron chi connectivity index (χ1n) is 6.79. The molecule has 1 unspecified atom stereocenters. The molecule has 1 aromatic rings. The van der Waals surface area contributed by atoms with Gasteiger partial charge in [-0.3, -0.25) is 4.90 Å². The fourth-order valence-electron chi connectivity index (χ4n) is 2.29. The predicted octanol–water partition coefficient (Wildman–Crippen LogP) is 2.98. The fourth-order valence-corrected chi connectivity index (χ4v) is 2.29. The molecule has 0 saturated carbocycles. The summed E-state index contributed by atoms with van der Waals surface area (Å²) in [6, 6.07) is 9.27. The van der Waals surface area contributed by atoms with Gasteiger partial charge in [0.25, 0.3) is 0 Å². The molecule has 1 aromatic carbocycles. The molecule has 1 atom stereocenters. The van der Waals surface area contributed by atoms with Crippen molar-refractivity contribution >= 4 is 0 Å². The van der Waals surface area contributed by atoms with E-state index in [2.05, 4.69) is 49.9 Å². The Bertz CT molecular complexity index is 305. The standard InChI is InChI=1S/C15H26N2/c1-4-11-17(6-3)15(12-16)14-9-7-13(5-2)8-10-14/h7-10,15H,4-6,11-12,16H2,1-3H3. The molecule has 0 bridgehead atoms. The van der Waals surface area contributed by atoms with Crippen molar-refractivity contribution in [1.82, 2.24) is 4.90 Å². The van der Waals surface area contributed by atoms with Gasteiger partial charge in [0.05, 0.1) is 0 Å². The quantitative estimate of drug-likeness (QED) is 0.786. The highest BCUT2D eigenvalue weighted by Crippen LogP contribution is 2.20. The Morgan fingerprint density at radius 1 is 1.12 bits per heavy atom. The van der Waals surface area contributed by atoms with E-state index in [1.54, 1.807) is 0 Å². The summed E-state index contributed by atoms with van der Waals surface area (Å²) in [6.45, 7) is 9.48. The second-order valence-electron chi connectivity index (χ2n) is 4.48. The highest BCUT2D eigenvalue weighted by atomic mass is 15.2. The molecule has 1 rings (SSSR count). The third-order valence-corrected chi connectivity index (χ3v) is 3.35. The number of hydrogen-bond donors (Lipinski definition) is 1. The van der Waals surface area contributed by atoms with Crippen LogP contribution < -0.4 is 5.73 Å². The monoisotopic (exact) mass is 234 g/mol. The zero-order valence-electron chi connectivity index (χ0n) is 11.4. The molecular formula is C15H26N2. The van der Waals surface area contributed by atoms with Crippen LogP contribution in [-0.4, -0.2) is 24.5 Å². The summed E-state index contributed by atoms with van der Waals surface area (Å²) in [5.41, 5.74) is 8.68. The second kappa shape index (κ2) is 7.46. The third kappa shape index (κ3) is 3.83. The molecule has 0 aliphatic heterocycles. The molecular weight excluding hydrogens is 208 g/mol. The van der Waals surface area contributed by atoms with Gasteiger partial charge in [0.15, 0.2) is 0 Å². The van der Waals surface area contributed by atoms with Gasteiger partial charge in [-0.05, 0) is 37.1 Å². The zero-order chi connectivity index (χ0) is 12.7. The Hall–Kier alpha value is -0.860. The van der Waals surface area contributed by atoms with E-state index in [-0.39, 0.29) is 0 Å². The minimum absolute atomic E-state index is 0.367. The van der Waals surface area contributed by atoms with E-state index in [1.165, 1.54) is 17.5 Å². The van der Waals surface area contributed by atoms with Crippen LogP contribution in [0.25, 0.3) is 0 Å². The van der Waals surface area contributed by atoms with Gasteiger partial charge >= 0.3 is 0 Å². The molecule has 0 saturated heterocycles. The Kier molecular flexibility index (Phi) is 6.23. The van der Waals surface area contributed by atoms with Crippen molar-refractivity contribution in [1.29, 1.82) is 0 Å². The highest BCUT2D eigenvalue weighted by molar-refractivity contribution is 5.25. The lowest BCUT2D eigenvalue weighted by Gasteiger charge is -2.30. The number of benzene rings is 1. The molecule has 17 heavy (non-hydrogen) atoms. The Morgan fingerprint density at radius 3 is 2.18 bits per heavy atom. The van der Waals surface area contributed by atoms with Crippen molar-refractivity contribution in [2.24, 2.45) is 5.73 Å². The van der Waals surface area contributed by atoms with Crippen LogP contribution in [0.15, 0.2) is 24.3 Å². The van der Waals surface area contributed by atoms with Crippen LogP contribution >= 0.6 is 0 Å². The van der Waals surface area contributed by atoms with Crippen LogP contribution in [0.5, 0.6) is 0 Å². The van der Waals surface area contributed by atoms with E-state index in [1.807, 2.05) is 0 Å². The van der Waals surface area contributed by atoms with E-state index >= 15 is 0 Å². The molecule has 0 heterocycles. The molecule has 2 N–H and O–H groups in total. The summed E-state index contributed by atoms with van der Waals surface area (Å²) < 4.78 is 0. The van der Waals surface area contributed by atoms with Gasteiger partial charge in [-0.1, -0.05) is 45.0 Å². The average molecular weight is 234 g/mol. The number of aryl methyl sites for hydroxylation is 1. The van der Waals surface area contributed by atoms with Gasteiger partial charge in [-0.2, -0.15) is 0 Å². The van der Waals surface area contributed by atoms with Crippen molar-refractivity contribution in [3.63, 3.8) is 0 Å². The fraction of sp³-hybridized carbons (Fsp3) is 0.600. The van der Waals surface area contributed by atoms with E-state index in [4.69, 9.17) is 5.73 Å². The van der Waals surface area contributed by atoms with E-state index in [0.717, 1.165) is 19.5 Å². The highest BCUT2D eigenvalue weighted by Gasteiger charge is 2.16. The lowest BCUT2D eigenvalue weighted by atomic mass is 10.0. The summed E-state index contributed by atoms with van der Waals surface area (Å²) in [6.07, 6.45) is 2.28. The molecule has 2 heteroatoms. The lowest BCUT2D eigenvalue weighted by Crippen LogP contribution is -2.34. The van der Waals surface area contributed by atoms with E-state index < -0.39 is 0 Å². The molecule has 0 aliphatic rings. The lowest BCUT2D eigenvalue weighted by molar-refractivity contribution is 0.213. The van der Waals surface area contributed by atoms with E-state index in [0.29, 0.717) is 12.6 Å². The van der Waals surface area contributed by atoms with Crippen molar-refractivity contribution in [2.45, 2.75) is 39.7 Å². The van der Waals surface area contributed by atoms with Gasteiger partial charge in [0.1, 0.15) is 0 Å². The molecule has 0 spiro atoms. The predicted molar refractivity (Wildman–Crippen MR) is 75.2 cm³/mol. The summed E-state index contributed by atoms with van der Waals surface area (Å²) in [7, 11) is 0. The molecule has 0 radical (unpaired) electrons. The molecule has 96 valence electrons. The topological polar surface area (TPSA) is 29.3 Å². The third-order valence-electron chi connectivity index (χ3n) is 3.35. The maximum Gasteiger partial charge on any atom is 0.0470 e. The van der Waals surface area contributed by atoms with Gasteiger partial charge < -0.3 is 5.73 Å². The molecule has 0 fully saturated rings. The first kappa shape index (κ1) is 14.2.